The minimum absolute atomic E-state index is 0.0969. The number of ether oxygens (including phenoxy) is 1. The van der Waals surface area contributed by atoms with Gasteiger partial charge >= 0.3 is 0 Å². The number of nitrogens with zero attached hydrogens (tertiary/aromatic N) is 3. The van der Waals surface area contributed by atoms with Crippen LogP contribution >= 0.6 is 0 Å². The molecule has 34 heavy (non-hydrogen) atoms. The summed E-state index contributed by atoms with van der Waals surface area (Å²) in [5.74, 6) is -0.0969. The zero-order chi connectivity index (χ0) is 24.3. The Morgan fingerprint density at radius 3 is 2.47 bits per heavy atom. The summed E-state index contributed by atoms with van der Waals surface area (Å²) in [7, 11) is -4.02. The molecule has 2 aromatic carbocycles. The van der Waals surface area contributed by atoms with Gasteiger partial charge in [0, 0.05) is 62.2 Å². The Morgan fingerprint density at radius 2 is 1.85 bits per heavy atom. The van der Waals surface area contributed by atoms with Gasteiger partial charge in [0.1, 0.15) is 0 Å². The summed E-state index contributed by atoms with van der Waals surface area (Å²) in [5.41, 5.74) is 0.849. The van der Waals surface area contributed by atoms with E-state index in [1.165, 1.54) is 24.3 Å². The van der Waals surface area contributed by atoms with Crippen LogP contribution in [0.15, 0.2) is 47.4 Å². The van der Waals surface area contributed by atoms with Gasteiger partial charge < -0.3 is 9.64 Å². The van der Waals surface area contributed by atoms with Gasteiger partial charge in [-0.3, -0.25) is 24.5 Å². The first-order chi connectivity index (χ1) is 16.2. The molecule has 2 saturated heterocycles. The number of aryl methyl sites for hydroxylation is 1. The predicted octanol–water partition coefficient (Wildman–Crippen LogP) is 2.64. The number of carbonyl (C=O) groups excluding carboxylic acids is 1. The molecule has 2 aromatic rings. The minimum Gasteiger partial charge on any atom is -0.377 e. The summed E-state index contributed by atoms with van der Waals surface area (Å²) in [5, 5.41) is 11.1. The normalized spacial score (nSPS) is 19.2. The van der Waals surface area contributed by atoms with Crippen LogP contribution < -0.4 is 4.72 Å². The molecule has 182 valence electrons. The van der Waals surface area contributed by atoms with Crippen LogP contribution in [0.4, 0.5) is 11.4 Å². The van der Waals surface area contributed by atoms with Gasteiger partial charge in [-0.15, -0.1) is 0 Å². The molecule has 0 spiro atoms. The highest BCUT2D eigenvalue weighted by Gasteiger charge is 2.26. The van der Waals surface area contributed by atoms with Crippen molar-refractivity contribution in [2.45, 2.75) is 30.8 Å². The molecule has 0 bridgehead atoms. The maximum absolute atomic E-state index is 12.9. The highest BCUT2D eigenvalue weighted by atomic mass is 32.2. The Bertz CT molecular complexity index is 1150. The molecule has 1 amide bonds. The summed E-state index contributed by atoms with van der Waals surface area (Å²) >= 11 is 0. The molecule has 11 heteroatoms. The largest absolute Gasteiger partial charge is 0.377 e. The lowest BCUT2D eigenvalue weighted by atomic mass is 10.1. The van der Waals surface area contributed by atoms with Crippen molar-refractivity contribution in [3.05, 3.63) is 63.7 Å². The van der Waals surface area contributed by atoms with E-state index in [1.54, 1.807) is 24.0 Å². The van der Waals surface area contributed by atoms with E-state index in [1.807, 2.05) is 0 Å². The zero-order valence-corrected chi connectivity index (χ0v) is 19.8. The Labute approximate surface area is 198 Å². The van der Waals surface area contributed by atoms with Crippen molar-refractivity contribution in [2.24, 2.45) is 0 Å². The number of nitro benzene ring substituents is 1. The summed E-state index contributed by atoms with van der Waals surface area (Å²) in [4.78, 5) is 27.3. The fraction of sp³-hybridized carbons (Fsp3) is 0.435. The van der Waals surface area contributed by atoms with Crippen LogP contribution in [0.3, 0.4) is 0 Å². The quantitative estimate of drug-likeness (QED) is 0.470. The summed E-state index contributed by atoms with van der Waals surface area (Å²) in [6, 6.07) is 9.94. The highest BCUT2D eigenvalue weighted by Crippen LogP contribution is 2.24. The smallest absolute Gasteiger partial charge is 0.273 e. The van der Waals surface area contributed by atoms with Gasteiger partial charge in [0.05, 0.1) is 15.9 Å². The average molecular weight is 489 g/mol. The van der Waals surface area contributed by atoms with Gasteiger partial charge in [0.15, 0.2) is 0 Å². The number of hydrogen-bond acceptors (Lipinski definition) is 7. The van der Waals surface area contributed by atoms with Gasteiger partial charge in [0.2, 0.25) is 0 Å². The number of nitrogens with one attached hydrogen (secondary N) is 1. The van der Waals surface area contributed by atoms with Gasteiger partial charge in [-0.2, -0.15) is 0 Å². The Kier molecular flexibility index (Phi) is 7.15. The molecule has 0 radical (unpaired) electrons. The number of carbonyl (C=O) groups is 1. The second-order valence-corrected chi connectivity index (χ2v) is 10.3. The van der Waals surface area contributed by atoms with Crippen molar-refractivity contribution in [1.82, 2.24) is 9.80 Å². The van der Waals surface area contributed by atoms with Crippen molar-refractivity contribution in [1.29, 1.82) is 0 Å². The standard InChI is InChI=1S/C23H28N4O6S/c1-17-4-9-21(15-22(17)27(29)30)34(31,32)24-19-7-5-18(6-8-19)23(28)26-12-10-25(11-13-26)16-20-3-2-14-33-20/h4-9,15,20,24H,2-3,10-14,16H2,1H3. The third-order valence-corrected chi connectivity index (χ3v) is 7.60. The van der Waals surface area contributed by atoms with Gasteiger partial charge in [-0.25, -0.2) is 8.42 Å². The zero-order valence-electron chi connectivity index (χ0n) is 19.0. The number of anilines is 1. The first-order valence-corrected chi connectivity index (χ1v) is 12.7. The summed E-state index contributed by atoms with van der Waals surface area (Å²) in [6.07, 6.45) is 2.50. The summed E-state index contributed by atoms with van der Waals surface area (Å²) < 4.78 is 33.5. The number of piperazine rings is 1. The van der Waals surface area contributed by atoms with Crippen LogP contribution in [-0.2, 0) is 14.8 Å². The first kappa shape index (κ1) is 24.1. The molecule has 2 heterocycles. The molecule has 10 nitrogen and oxygen atoms in total. The lowest BCUT2D eigenvalue weighted by Crippen LogP contribution is -2.50. The molecule has 0 saturated carbocycles. The molecule has 2 aliphatic heterocycles. The first-order valence-electron chi connectivity index (χ1n) is 11.2. The number of rotatable bonds is 7. The third kappa shape index (κ3) is 5.54. The minimum atomic E-state index is -4.02. The topological polar surface area (TPSA) is 122 Å². The van der Waals surface area contributed by atoms with E-state index < -0.39 is 14.9 Å². The number of sulfonamides is 1. The maximum Gasteiger partial charge on any atom is 0.273 e. The molecule has 4 rings (SSSR count). The molecule has 1 N–H and O–H groups in total. The van der Waals surface area contributed by atoms with E-state index in [-0.39, 0.29) is 22.2 Å². The third-order valence-electron chi connectivity index (χ3n) is 6.22. The van der Waals surface area contributed by atoms with Crippen LogP contribution in [0, 0.1) is 17.0 Å². The average Bonchev–Trinajstić information content (AvgIpc) is 3.32. The van der Waals surface area contributed by atoms with Gasteiger partial charge in [-0.1, -0.05) is 6.07 Å². The van der Waals surface area contributed by atoms with Crippen LogP contribution in [0.25, 0.3) is 0 Å². The molecule has 1 atom stereocenters. The van der Waals surface area contributed by atoms with E-state index >= 15 is 0 Å². The van der Waals surface area contributed by atoms with Crippen molar-refractivity contribution < 1.29 is 22.9 Å². The molecular weight excluding hydrogens is 460 g/mol. The van der Waals surface area contributed by atoms with Crippen LogP contribution in [-0.4, -0.2) is 74.5 Å². The van der Waals surface area contributed by atoms with E-state index in [4.69, 9.17) is 4.74 Å². The molecule has 2 aliphatic rings. The van der Waals surface area contributed by atoms with E-state index in [0.717, 1.165) is 45.1 Å². The number of hydrogen-bond donors (Lipinski definition) is 1. The van der Waals surface area contributed by atoms with Crippen molar-refractivity contribution in [3.63, 3.8) is 0 Å². The predicted molar refractivity (Wildman–Crippen MR) is 126 cm³/mol. The second-order valence-electron chi connectivity index (χ2n) is 8.62. The number of nitro groups is 1. The number of amides is 1. The monoisotopic (exact) mass is 488 g/mol. The molecular formula is C23H28N4O6S. The molecule has 1 unspecified atom stereocenters. The SMILES string of the molecule is Cc1ccc(S(=O)(=O)Nc2ccc(C(=O)N3CCN(CC4CCCO4)CC3)cc2)cc1[N+](=O)[O-]. The fourth-order valence-electron chi connectivity index (χ4n) is 4.24. The van der Waals surface area contributed by atoms with Crippen molar-refractivity contribution in [2.75, 3.05) is 44.1 Å². The molecule has 0 aliphatic carbocycles. The molecule has 2 fully saturated rings. The van der Waals surface area contributed by atoms with Crippen LogP contribution in [0.2, 0.25) is 0 Å². The number of benzene rings is 2. The Balaban J connectivity index is 1.36. The van der Waals surface area contributed by atoms with Crippen LogP contribution in [0.5, 0.6) is 0 Å². The fourth-order valence-corrected chi connectivity index (χ4v) is 5.32. The maximum atomic E-state index is 12.9. The Hall–Kier alpha value is -3.02. The summed E-state index contributed by atoms with van der Waals surface area (Å²) in [6.45, 7) is 6.14. The lowest BCUT2D eigenvalue weighted by Gasteiger charge is -2.35. The van der Waals surface area contributed by atoms with E-state index in [2.05, 4.69) is 9.62 Å². The van der Waals surface area contributed by atoms with Crippen LogP contribution in [0.1, 0.15) is 28.8 Å². The molecule has 0 aromatic heterocycles. The second kappa shape index (κ2) is 10.1. The van der Waals surface area contributed by atoms with Crippen molar-refractivity contribution >= 4 is 27.3 Å². The van der Waals surface area contributed by atoms with Gasteiger partial charge in [0.25, 0.3) is 21.6 Å². The van der Waals surface area contributed by atoms with Gasteiger partial charge in [-0.05, 0) is 50.1 Å². The lowest BCUT2D eigenvalue weighted by molar-refractivity contribution is -0.385. The van der Waals surface area contributed by atoms with E-state index in [9.17, 15) is 23.3 Å². The van der Waals surface area contributed by atoms with E-state index in [0.29, 0.717) is 30.3 Å². The Morgan fingerprint density at radius 1 is 1.15 bits per heavy atom. The highest BCUT2D eigenvalue weighted by molar-refractivity contribution is 7.92. The van der Waals surface area contributed by atoms with Crippen molar-refractivity contribution in [3.8, 4) is 0 Å².